The molecule has 8 aromatic carbocycles. The summed E-state index contributed by atoms with van der Waals surface area (Å²) in [5.74, 6) is 0.467. The number of allylic oxidation sites excluding steroid dienone is 1. The lowest BCUT2D eigenvalue weighted by atomic mass is 9.72. The van der Waals surface area contributed by atoms with Crippen LogP contribution in [0.25, 0.3) is 65.4 Å². The van der Waals surface area contributed by atoms with E-state index in [1.165, 1.54) is 92.7 Å². The van der Waals surface area contributed by atoms with Crippen molar-refractivity contribution in [2.24, 2.45) is 5.92 Å². The number of hydrogen-bond acceptors (Lipinski definition) is 2. The molecule has 0 fully saturated rings. The molecule has 2 aliphatic rings. The van der Waals surface area contributed by atoms with E-state index in [0.717, 1.165) is 17.8 Å². The largest absolute Gasteiger partial charge is 0.310 e. The molecule has 292 valence electrons. The van der Waals surface area contributed by atoms with Gasteiger partial charge in [0.25, 0.3) is 0 Å². The van der Waals surface area contributed by atoms with E-state index >= 15 is 0 Å². The number of aromatic nitrogens is 1. The van der Waals surface area contributed by atoms with Gasteiger partial charge in [0.05, 0.1) is 11.0 Å². The first-order valence-corrected chi connectivity index (χ1v) is 22.3. The van der Waals surface area contributed by atoms with Crippen LogP contribution in [0.15, 0.2) is 200 Å². The van der Waals surface area contributed by atoms with E-state index in [2.05, 4.69) is 224 Å². The first-order valence-electron chi connectivity index (χ1n) is 21.5. The molecule has 0 saturated heterocycles. The first-order chi connectivity index (χ1) is 29.9. The average molecular weight is 801 g/mol. The smallest absolute Gasteiger partial charge is 0.0541 e. The fourth-order valence-corrected chi connectivity index (χ4v) is 12.0. The minimum absolute atomic E-state index is 0.0943. The summed E-state index contributed by atoms with van der Waals surface area (Å²) in [6.45, 7) is 7.35. The van der Waals surface area contributed by atoms with Crippen molar-refractivity contribution in [3.63, 3.8) is 0 Å². The second kappa shape index (κ2) is 13.8. The quantitative estimate of drug-likeness (QED) is 0.163. The van der Waals surface area contributed by atoms with Gasteiger partial charge in [-0.05, 0) is 141 Å². The Labute approximate surface area is 361 Å². The van der Waals surface area contributed by atoms with Gasteiger partial charge in [0.15, 0.2) is 0 Å². The van der Waals surface area contributed by atoms with Crippen LogP contribution >= 0.6 is 11.3 Å². The fraction of sp³-hybridized carbons (Fsp3) is 0.103. The van der Waals surface area contributed by atoms with E-state index in [-0.39, 0.29) is 5.41 Å². The third kappa shape index (κ3) is 5.61. The van der Waals surface area contributed by atoms with Crippen molar-refractivity contribution >= 4 is 65.9 Å². The third-order valence-electron chi connectivity index (χ3n) is 13.5. The molecule has 2 aromatic heterocycles. The van der Waals surface area contributed by atoms with Crippen LogP contribution in [-0.4, -0.2) is 4.57 Å². The van der Waals surface area contributed by atoms with Crippen molar-refractivity contribution in [2.45, 2.75) is 32.6 Å². The van der Waals surface area contributed by atoms with Gasteiger partial charge in [-0.2, -0.15) is 0 Å². The second-order valence-corrected chi connectivity index (χ2v) is 18.4. The molecule has 2 aliphatic carbocycles. The summed E-state index contributed by atoms with van der Waals surface area (Å²) in [6, 6.07) is 71.5. The summed E-state index contributed by atoms with van der Waals surface area (Å²) in [7, 11) is 0. The summed E-state index contributed by atoms with van der Waals surface area (Å²) in [4.78, 5) is 3.91. The lowest BCUT2D eigenvalue weighted by molar-refractivity contribution is 0.525. The van der Waals surface area contributed by atoms with Gasteiger partial charge in [-0.15, -0.1) is 11.3 Å². The molecule has 0 N–H and O–H groups in total. The van der Waals surface area contributed by atoms with Gasteiger partial charge in [-0.3, -0.25) is 0 Å². The monoisotopic (exact) mass is 800 g/mol. The van der Waals surface area contributed by atoms with Crippen LogP contribution < -0.4 is 4.90 Å². The van der Waals surface area contributed by atoms with Crippen molar-refractivity contribution < 1.29 is 0 Å². The average Bonchev–Trinajstić information content (AvgIpc) is 3.92. The molecule has 2 heterocycles. The number of anilines is 3. The van der Waals surface area contributed by atoms with Crippen LogP contribution in [0.1, 0.15) is 42.3 Å². The van der Waals surface area contributed by atoms with Gasteiger partial charge in [-0.25, -0.2) is 0 Å². The highest BCUT2D eigenvalue weighted by Crippen LogP contribution is 2.58. The van der Waals surface area contributed by atoms with Crippen LogP contribution in [0, 0.1) is 5.92 Å². The second-order valence-electron chi connectivity index (χ2n) is 17.4. The SMILES string of the molecule is CC1Cc2c(sc3ccccc23)C2=C1C(C)(C)c1cc(N(c3ccc(-c4ccccc4)cc3)c3ccc(-c4ccc5c(c4)c4ccccc4n5-c4ccccc4)cc3)ccc12. The van der Waals surface area contributed by atoms with Gasteiger partial charge < -0.3 is 9.47 Å². The lowest BCUT2D eigenvalue weighted by Gasteiger charge is -2.32. The summed E-state index contributed by atoms with van der Waals surface area (Å²) >= 11 is 1.98. The molecule has 0 aliphatic heterocycles. The molecule has 0 radical (unpaired) electrons. The van der Waals surface area contributed by atoms with Crippen molar-refractivity contribution in [3.8, 4) is 27.9 Å². The molecular weight excluding hydrogens is 757 g/mol. The van der Waals surface area contributed by atoms with Crippen molar-refractivity contribution in [2.75, 3.05) is 4.90 Å². The minimum atomic E-state index is -0.0943. The molecule has 0 amide bonds. The number of benzene rings is 8. The molecule has 3 heteroatoms. The zero-order valence-electron chi connectivity index (χ0n) is 34.6. The molecule has 61 heavy (non-hydrogen) atoms. The molecular formula is C58H44N2S. The summed E-state index contributed by atoms with van der Waals surface area (Å²) in [5.41, 5.74) is 19.2. The van der Waals surface area contributed by atoms with Crippen LogP contribution in [0.4, 0.5) is 17.1 Å². The first kappa shape index (κ1) is 36.0. The van der Waals surface area contributed by atoms with Crippen LogP contribution in [0.2, 0.25) is 0 Å². The Hall–Kier alpha value is -6.94. The molecule has 1 unspecified atom stereocenters. The van der Waals surface area contributed by atoms with Gasteiger partial charge >= 0.3 is 0 Å². The fourth-order valence-electron chi connectivity index (χ4n) is 10.7. The van der Waals surface area contributed by atoms with E-state index < -0.39 is 0 Å². The lowest BCUT2D eigenvalue weighted by Crippen LogP contribution is -2.24. The Balaban J connectivity index is 0.966. The van der Waals surface area contributed by atoms with Gasteiger partial charge in [0, 0.05) is 48.5 Å². The van der Waals surface area contributed by atoms with E-state index in [1.54, 1.807) is 5.57 Å². The normalized spacial score (nSPS) is 15.3. The number of fused-ring (bicyclic) bond motifs is 9. The Morgan fingerprint density at radius 3 is 1.84 bits per heavy atom. The number of nitrogens with zero attached hydrogens (tertiary/aromatic N) is 2. The highest BCUT2D eigenvalue weighted by molar-refractivity contribution is 7.20. The summed E-state index contributed by atoms with van der Waals surface area (Å²) < 4.78 is 3.77. The summed E-state index contributed by atoms with van der Waals surface area (Å²) in [5, 5.41) is 3.95. The van der Waals surface area contributed by atoms with Crippen molar-refractivity contribution in [1.29, 1.82) is 0 Å². The Morgan fingerprint density at radius 2 is 1.10 bits per heavy atom. The van der Waals surface area contributed by atoms with Crippen LogP contribution in [0.5, 0.6) is 0 Å². The predicted octanol–water partition coefficient (Wildman–Crippen LogP) is 16.1. The van der Waals surface area contributed by atoms with E-state index in [0.29, 0.717) is 5.92 Å². The maximum absolute atomic E-state index is 2.49. The molecule has 0 spiro atoms. The molecule has 0 bridgehead atoms. The molecule has 0 saturated carbocycles. The zero-order chi connectivity index (χ0) is 40.8. The predicted molar refractivity (Wildman–Crippen MR) is 260 cm³/mol. The van der Waals surface area contributed by atoms with E-state index in [9.17, 15) is 0 Å². The molecule has 12 rings (SSSR count). The maximum atomic E-state index is 2.49. The highest BCUT2D eigenvalue weighted by atomic mass is 32.1. The van der Waals surface area contributed by atoms with Gasteiger partial charge in [-0.1, -0.05) is 142 Å². The van der Waals surface area contributed by atoms with Gasteiger partial charge in [0.1, 0.15) is 0 Å². The Bertz CT molecular complexity index is 3350. The van der Waals surface area contributed by atoms with E-state index in [1.807, 2.05) is 11.3 Å². The van der Waals surface area contributed by atoms with Gasteiger partial charge in [0.2, 0.25) is 0 Å². The topological polar surface area (TPSA) is 8.17 Å². The number of thiophene rings is 1. The standard InChI is InChI=1S/C58H44N2S/c1-37-34-50-47-19-11-13-21-54(47)61-57(50)55-48-32-31-45(36-51(48)58(2,3)56(37)55)59(43-27-22-39(23-28-43)38-14-6-4-7-15-38)44-29-24-40(25-30-44)41-26-33-53-49(35-41)46-18-10-12-20-52(46)60(53)42-16-8-5-9-17-42/h4-33,35-37H,34H2,1-3H3. The van der Waals surface area contributed by atoms with Crippen LogP contribution in [-0.2, 0) is 11.8 Å². The number of rotatable bonds is 6. The van der Waals surface area contributed by atoms with E-state index in [4.69, 9.17) is 0 Å². The van der Waals surface area contributed by atoms with Crippen LogP contribution in [0.3, 0.4) is 0 Å². The highest BCUT2D eigenvalue weighted by Gasteiger charge is 2.44. The molecule has 10 aromatic rings. The minimum Gasteiger partial charge on any atom is -0.310 e. The third-order valence-corrected chi connectivity index (χ3v) is 14.7. The Kier molecular flexibility index (Phi) is 8.14. The molecule has 1 atom stereocenters. The number of hydrogen-bond donors (Lipinski definition) is 0. The number of para-hydroxylation sites is 2. The Morgan fingerprint density at radius 1 is 0.525 bits per heavy atom. The summed E-state index contributed by atoms with van der Waals surface area (Å²) in [6.07, 6.45) is 1.09. The van der Waals surface area contributed by atoms with Crippen molar-refractivity contribution in [1.82, 2.24) is 4.57 Å². The maximum Gasteiger partial charge on any atom is 0.0541 e. The molecule has 2 nitrogen and oxygen atoms in total. The zero-order valence-corrected chi connectivity index (χ0v) is 35.4. The van der Waals surface area contributed by atoms with Crippen molar-refractivity contribution in [3.05, 3.63) is 221 Å².